The van der Waals surface area contributed by atoms with Crippen molar-refractivity contribution in [2.45, 2.75) is 38.6 Å². The van der Waals surface area contributed by atoms with E-state index in [2.05, 4.69) is 44.8 Å². The van der Waals surface area contributed by atoms with Crippen LogP contribution >= 0.6 is 15.9 Å². The lowest BCUT2D eigenvalue weighted by atomic mass is 9.89. The minimum Gasteiger partial charge on any atom is -0.360 e. The predicted octanol–water partition coefficient (Wildman–Crippen LogP) is 5.02. The maximum Gasteiger partial charge on any atom is 0.263 e. The molecule has 0 saturated carbocycles. The molecule has 2 aromatic rings. The summed E-state index contributed by atoms with van der Waals surface area (Å²) in [5.41, 5.74) is 4.72. The van der Waals surface area contributed by atoms with Crippen LogP contribution in [-0.4, -0.2) is 5.91 Å². The Morgan fingerprint density at radius 2 is 1.85 bits per heavy atom. The highest BCUT2D eigenvalue weighted by atomic mass is 79.9. The molecule has 1 atom stereocenters. The fraction of sp³-hybridized carbons (Fsp3) is 0.273. The Hall–Kier alpha value is -2.58. The Bertz CT molecular complexity index is 897. The third-order valence-corrected chi connectivity index (χ3v) is 5.34. The van der Waals surface area contributed by atoms with Crippen molar-refractivity contribution in [1.29, 1.82) is 5.26 Å². The molecule has 1 amide bonds. The van der Waals surface area contributed by atoms with Crippen LogP contribution in [-0.2, 0) is 17.6 Å². The normalized spacial score (nSPS) is 14.6. The smallest absolute Gasteiger partial charge is 0.263 e. The monoisotopic (exact) mass is 423 g/mol. The van der Waals surface area contributed by atoms with Crippen molar-refractivity contribution in [3.05, 3.63) is 75.4 Å². The molecule has 2 aromatic carbocycles. The third kappa shape index (κ3) is 4.99. The van der Waals surface area contributed by atoms with E-state index in [-0.39, 0.29) is 17.5 Å². The van der Waals surface area contributed by atoms with Gasteiger partial charge in [0.1, 0.15) is 11.6 Å². The second-order valence-corrected chi connectivity index (χ2v) is 7.67. The van der Waals surface area contributed by atoms with Gasteiger partial charge in [-0.1, -0.05) is 34.1 Å². The molecule has 4 nitrogen and oxygen atoms in total. The quantitative estimate of drug-likeness (QED) is 0.523. The van der Waals surface area contributed by atoms with Crippen molar-refractivity contribution in [3.63, 3.8) is 0 Å². The van der Waals surface area contributed by atoms with Crippen molar-refractivity contribution in [2.24, 2.45) is 0 Å². The number of rotatable bonds is 5. The molecule has 138 valence electrons. The number of benzene rings is 2. The molecular formula is C22H22BrN3O. The van der Waals surface area contributed by atoms with Crippen LogP contribution in [0.5, 0.6) is 0 Å². The molecule has 0 aliphatic heterocycles. The van der Waals surface area contributed by atoms with Crippen LogP contribution in [0.3, 0.4) is 0 Å². The highest BCUT2D eigenvalue weighted by Crippen LogP contribution is 2.25. The van der Waals surface area contributed by atoms with Crippen LogP contribution in [0.15, 0.2) is 58.7 Å². The number of amides is 1. The zero-order valence-electron chi connectivity index (χ0n) is 15.3. The van der Waals surface area contributed by atoms with E-state index < -0.39 is 0 Å². The zero-order valence-corrected chi connectivity index (χ0v) is 16.8. The number of nitrogens with zero attached hydrogens (tertiary/aromatic N) is 1. The standard InChI is InChI=1S/C22H22BrN3O/c1-15(17-7-6-16-4-2-3-5-18(16)12-17)26-22(27)19(13-24)14-25-21-10-8-20(23)9-11-21/h6-12,14-15,25H,2-5H2,1H3,(H,26,27)/b19-14-. The van der Waals surface area contributed by atoms with E-state index in [1.54, 1.807) is 0 Å². The highest BCUT2D eigenvalue weighted by Gasteiger charge is 2.16. The van der Waals surface area contributed by atoms with E-state index in [0.717, 1.165) is 28.6 Å². The molecule has 0 saturated heterocycles. The van der Waals surface area contributed by atoms with E-state index in [4.69, 9.17) is 0 Å². The van der Waals surface area contributed by atoms with Gasteiger partial charge in [-0.2, -0.15) is 5.26 Å². The molecule has 27 heavy (non-hydrogen) atoms. The second-order valence-electron chi connectivity index (χ2n) is 6.75. The molecule has 0 radical (unpaired) electrons. The van der Waals surface area contributed by atoms with Crippen molar-refractivity contribution in [2.75, 3.05) is 5.32 Å². The lowest BCUT2D eigenvalue weighted by Crippen LogP contribution is -2.28. The number of carbonyl (C=O) groups is 1. The highest BCUT2D eigenvalue weighted by molar-refractivity contribution is 9.10. The SMILES string of the molecule is CC(NC(=O)/C(C#N)=C\Nc1ccc(Br)cc1)c1ccc2c(c1)CCCC2. The first-order chi connectivity index (χ1) is 13.1. The summed E-state index contributed by atoms with van der Waals surface area (Å²) < 4.78 is 0.967. The first-order valence-electron chi connectivity index (χ1n) is 9.12. The fourth-order valence-electron chi connectivity index (χ4n) is 3.23. The maximum absolute atomic E-state index is 12.5. The second kappa shape index (κ2) is 8.88. The van der Waals surface area contributed by atoms with Crippen molar-refractivity contribution in [1.82, 2.24) is 5.32 Å². The number of fused-ring (bicyclic) bond motifs is 1. The summed E-state index contributed by atoms with van der Waals surface area (Å²) in [6.07, 6.45) is 6.16. The van der Waals surface area contributed by atoms with Crippen LogP contribution in [0.25, 0.3) is 0 Å². The van der Waals surface area contributed by atoms with E-state index in [0.29, 0.717) is 0 Å². The first-order valence-corrected chi connectivity index (χ1v) is 9.91. The number of nitrogens with one attached hydrogen (secondary N) is 2. The number of nitriles is 1. The van der Waals surface area contributed by atoms with Crippen LogP contribution in [0.2, 0.25) is 0 Å². The van der Waals surface area contributed by atoms with Gasteiger partial charge in [-0.25, -0.2) is 0 Å². The molecule has 0 bridgehead atoms. The van der Waals surface area contributed by atoms with Gasteiger partial charge in [0.25, 0.3) is 5.91 Å². The predicted molar refractivity (Wildman–Crippen MR) is 111 cm³/mol. The summed E-state index contributed by atoms with van der Waals surface area (Å²) in [5.74, 6) is -0.382. The largest absolute Gasteiger partial charge is 0.360 e. The minimum absolute atomic E-state index is 0.0442. The van der Waals surface area contributed by atoms with Gasteiger partial charge in [0.2, 0.25) is 0 Å². The van der Waals surface area contributed by atoms with Crippen molar-refractivity contribution < 1.29 is 4.79 Å². The Morgan fingerprint density at radius 3 is 2.56 bits per heavy atom. The Labute approximate surface area is 168 Å². The van der Waals surface area contributed by atoms with Gasteiger partial charge in [-0.15, -0.1) is 0 Å². The van der Waals surface area contributed by atoms with Gasteiger partial charge in [0.15, 0.2) is 0 Å². The van der Waals surface area contributed by atoms with Gasteiger partial charge in [0.05, 0.1) is 6.04 Å². The van der Waals surface area contributed by atoms with E-state index >= 15 is 0 Å². The maximum atomic E-state index is 12.5. The molecule has 0 fully saturated rings. The lowest BCUT2D eigenvalue weighted by molar-refractivity contribution is -0.117. The first kappa shape index (κ1) is 19.2. The van der Waals surface area contributed by atoms with Gasteiger partial charge in [-0.05, 0) is 73.6 Å². The Morgan fingerprint density at radius 1 is 1.15 bits per heavy atom. The summed E-state index contributed by atoms with van der Waals surface area (Å²) in [5, 5.41) is 15.2. The van der Waals surface area contributed by atoms with E-state index in [1.807, 2.05) is 37.3 Å². The topological polar surface area (TPSA) is 64.9 Å². The number of hydrogen-bond acceptors (Lipinski definition) is 3. The van der Waals surface area contributed by atoms with Crippen molar-refractivity contribution >= 4 is 27.5 Å². The number of anilines is 1. The summed E-state index contributed by atoms with van der Waals surface area (Å²) in [7, 11) is 0. The molecule has 5 heteroatoms. The number of hydrogen-bond donors (Lipinski definition) is 2. The fourth-order valence-corrected chi connectivity index (χ4v) is 3.49. The molecule has 3 rings (SSSR count). The average molecular weight is 424 g/mol. The van der Waals surface area contributed by atoms with Gasteiger partial charge >= 0.3 is 0 Å². The number of carbonyl (C=O) groups excluding carboxylic acids is 1. The van der Waals surface area contributed by atoms with Crippen LogP contribution in [0.4, 0.5) is 5.69 Å². The van der Waals surface area contributed by atoms with E-state index in [1.165, 1.54) is 30.2 Å². The van der Waals surface area contributed by atoms with E-state index in [9.17, 15) is 10.1 Å². The third-order valence-electron chi connectivity index (χ3n) is 4.81. The van der Waals surface area contributed by atoms with Crippen LogP contribution in [0.1, 0.15) is 42.5 Å². The van der Waals surface area contributed by atoms with Gasteiger partial charge in [-0.3, -0.25) is 4.79 Å². The Balaban J connectivity index is 1.66. The number of halogens is 1. The summed E-state index contributed by atoms with van der Waals surface area (Å²) in [6.45, 7) is 1.94. The van der Waals surface area contributed by atoms with Crippen LogP contribution < -0.4 is 10.6 Å². The lowest BCUT2D eigenvalue weighted by Gasteiger charge is -2.20. The summed E-state index contributed by atoms with van der Waals surface area (Å²) in [6, 6.07) is 15.8. The molecular weight excluding hydrogens is 402 g/mol. The molecule has 0 heterocycles. The van der Waals surface area contributed by atoms with Gasteiger partial charge < -0.3 is 10.6 Å². The molecule has 2 N–H and O–H groups in total. The summed E-state index contributed by atoms with van der Waals surface area (Å²) in [4.78, 5) is 12.5. The Kier molecular flexibility index (Phi) is 6.31. The molecule has 0 aromatic heterocycles. The van der Waals surface area contributed by atoms with Crippen molar-refractivity contribution in [3.8, 4) is 6.07 Å². The number of aryl methyl sites for hydroxylation is 2. The minimum atomic E-state index is -0.382. The molecule has 1 unspecified atom stereocenters. The average Bonchev–Trinajstić information content (AvgIpc) is 2.69. The van der Waals surface area contributed by atoms with Gasteiger partial charge in [0, 0.05) is 16.4 Å². The molecule has 1 aliphatic rings. The zero-order chi connectivity index (χ0) is 19.2. The van der Waals surface area contributed by atoms with Crippen LogP contribution in [0, 0.1) is 11.3 Å². The molecule has 0 spiro atoms. The molecule has 1 aliphatic carbocycles. The summed E-state index contributed by atoms with van der Waals surface area (Å²) >= 11 is 3.37.